The van der Waals surface area contributed by atoms with Crippen LogP contribution in [0.1, 0.15) is 32.6 Å². The Bertz CT molecular complexity index is 482. The number of anilines is 1. The molecule has 2 rings (SSSR count). The number of nitrogens with zero attached hydrogens (tertiary/aromatic N) is 1. The van der Waals surface area contributed by atoms with E-state index in [2.05, 4.69) is 10.2 Å². The molecule has 4 nitrogen and oxygen atoms in total. The van der Waals surface area contributed by atoms with Crippen molar-refractivity contribution in [2.45, 2.75) is 44.7 Å². The zero-order chi connectivity index (χ0) is 15.2. The van der Waals surface area contributed by atoms with Crippen molar-refractivity contribution in [1.29, 1.82) is 0 Å². The molecule has 1 aromatic carbocycles. The van der Waals surface area contributed by atoms with Gasteiger partial charge in [-0.25, -0.2) is 0 Å². The standard InChI is InChI=1S/C16H24ClN3O.ClH/c1-12(18)15-8-4-5-10-20(15)11-9-16(21)19-14-7-3-2-6-13(14)17;/h2-3,6-7,12,15H,4-5,8-11,18H2,1H3,(H,19,21);1H. The summed E-state index contributed by atoms with van der Waals surface area (Å²) in [7, 11) is 0. The number of halogens is 2. The lowest BCUT2D eigenvalue weighted by molar-refractivity contribution is -0.116. The van der Waals surface area contributed by atoms with E-state index >= 15 is 0 Å². The van der Waals surface area contributed by atoms with Gasteiger partial charge in [-0.1, -0.05) is 30.2 Å². The number of nitrogens with two attached hydrogens (primary N) is 1. The van der Waals surface area contributed by atoms with Crippen LogP contribution in [0.3, 0.4) is 0 Å². The molecule has 0 aromatic heterocycles. The highest BCUT2D eigenvalue weighted by atomic mass is 35.5. The van der Waals surface area contributed by atoms with Crippen LogP contribution in [0, 0.1) is 0 Å². The van der Waals surface area contributed by atoms with Crippen molar-refractivity contribution < 1.29 is 4.79 Å². The van der Waals surface area contributed by atoms with Gasteiger partial charge in [0.25, 0.3) is 0 Å². The lowest BCUT2D eigenvalue weighted by Crippen LogP contribution is -2.49. The van der Waals surface area contributed by atoms with E-state index in [-0.39, 0.29) is 24.4 Å². The Morgan fingerprint density at radius 3 is 2.86 bits per heavy atom. The largest absolute Gasteiger partial charge is 0.327 e. The monoisotopic (exact) mass is 345 g/mol. The molecular formula is C16H25Cl2N3O. The minimum Gasteiger partial charge on any atom is -0.327 e. The lowest BCUT2D eigenvalue weighted by Gasteiger charge is -2.37. The van der Waals surface area contributed by atoms with Gasteiger partial charge in [0.05, 0.1) is 10.7 Å². The Morgan fingerprint density at radius 2 is 2.18 bits per heavy atom. The molecular weight excluding hydrogens is 321 g/mol. The summed E-state index contributed by atoms with van der Waals surface area (Å²) in [6.45, 7) is 3.83. The Kier molecular flexibility index (Phi) is 8.18. The first-order valence-electron chi connectivity index (χ1n) is 7.62. The number of hydrogen-bond acceptors (Lipinski definition) is 3. The van der Waals surface area contributed by atoms with Crippen LogP contribution in [0.25, 0.3) is 0 Å². The van der Waals surface area contributed by atoms with Crippen LogP contribution in [-0.4, -0.2) is 36.0 Å². The fraction of sp³-hybridized carbons (Fsp3) is 0.562. The van der Waals surface area contributed by atoms with Crippen LogP contribution in [0.4, 0.5) is 5.69 Å². The zero-order valence-electron chi connectivity index (χ0n) is 12.9. The number of rotatable bonds is 5. The Balaban J connectivity index is 0.00000242. The van der Waals surface area contributed by atoms with Crippen molar-refractivity contribution in [2.75, 3.05) is 18.4 Å². The molecule has 1 fully saturated rings. The van der Waals surface area contributed by atoms with Gasteiger partial charge in [-0.15, -0.1) is 12.4 Å². The molecule has 6 heteroatoms. The number of likely N-dealkylation sites (tertiary alicyclic amines) is 1. The average molecular weight is 346 g/mol. The van der Waals surface area contributed by atoms with Crippen LogP contribution in [-0.2, 0) is 4.79 Å². The molecule has 22 heavy (non-hydrogen) atoms. The zero-order valence-corrected chi connectivity index (χ0v) is 14.5. The fourth-order valence-electron chi connectivity index (χ4n) is 2.91. The maximum absolute atomic E-state index is 12.1. The predicted octanol–water partition coefficient (Wildman–Crippen LogP) is 3.29. The second-order valence-electron chi connectivity index (χ2n) is 5.74. The topological polar surface area (TPSA) is 58.4 Å². The van der Waals surface area contributed by atoms with Gasteiger partial charge in [-0.05, 0) is 38.4 Å². The first kappa shape index (κ1) is 19.2. The summed E-state index contributed by atoms with van der Waals surface area (Å²) >= 11 is 6.04. The second-order valence-corrected chi connectivity index (χ2v) is 6.14. The summed E-state index contributed by atoms with van der Waals surface area (Å²) in [5, 5.41) is 3.43. The van der Waals surface area contributed by atoms with E-state index in [1.807, 2.05) is 25.1 Å². The predicted molar refractivity (Wildman–Crippen MR) is 94.8 cm³/mol. The van der Waals surface area contributed by atoms with Gasteiger partial charge < -0.3 is 11.1 Å². The molecule has 1 amide bonds. The number of nitrogens with one attached hydrogen (secondary N) is 1. The number of amides is 1. The molecule has 124 valence electrons. The summed E-state index contributed by atoms with van der Waals surface area (Å²) in [6.07, 6.45) is 4.02. The first-order valence-corrected chi connectivity index (χ1v) is 7.99. The molecule has 0 radical (unpaired) electrons. The summed E-state index contributed by atoms with van der Waals surface area (Å²) in [4.78, 5) is 14.4. The molecule has 0 saturated carbocycles. The summed E-state index contributed by atoms with van der Waals surface area (Å²) in [6, 6.07) is 7.83. The smallest absolute Gasteiger partial charge is 0.225 e. The minimum absolute atomic E-state index is 0. The number of benzene rings is 1. The van der Waals surface area contributed by atoms with Gasteiger partial charge >= 0.3 is 0 Å². The van der Waals surface area contributed by atoms with Crippen LogP contribution in [0.2, 0.25) is 5.02 Å². The Morgan fingerprint density at radius 1 is 1.45 bits per heavy atom. The van der Waals surface area contributed by atoms with Gasteiger partial charge in [0.15, 0.2) is 0 Å². The molecule has 2 unspecified atom stereocenters. The van der Waals surface area contributed by atoms with Gasteiger partial charge in [0.1, 0.15) is 0 Å². The molecule has 0 aliphatic carbocycles. The molecule has 1 heterocycles. The quantitative estimate of drug-likeness (QED) is 0.860. The van der Waals surface area contributed by atoms with Crippen molar-refractivity contribution in [3.05, 3.63) is 29.3 Å². The molecule has 1 aliphatic rings. The summed E-state index contributed by atoms with van der Waals surface area (Å²) in [5.41, 5.74) is 6.72. The van der Waals surface area contributed by atoms with Crippen LogP contribution in [0.15, 0.2) is 24.3 Å². The van der Waals surface area contributed by atoms with E-state index in [1.165, 1.54) is 12.8 Å². The number of piperidine rings is 1. The molecule has 0 spiro atoms. The van der Waals surface area contributed by atoms with Crippen molar-refractivity contribution in [3.63, 3.8) is 0 Å². The molecule has 2 atom stereocenters. The average Bonchev–Trinajstić information content (AvgIpc) is 2.48. The van der Waals surface area contributed by atoms with E-state index in [4.69, 9.17) is 17.3 Å². The van der Waals surface area contributed by atoms with E-state index in [0.29, 0.717) is 23.2 Å². The van der Waals surface area contributed by atoms with E-state index in [9.17, 15) is 4.79 Å². The summed E-state index contributed by atoms with van der Waals surface area (Å²) < 4.78 is 0. The molecule has 1 aromatic rings. The maximum atomic E-state index is 12.1. The van der Waals surface area contributed by atoms with Crippen molar-refractivity contribution >= 4 is 35.6 Å². The van der Waals surface area contributed by atoms with Gasteiger partial charge in [-0.3, -0.25) is 9.69 Å². The third-order valence-electron chi connectivity index (χ3n) is 4.05. The third kappa shape index (κ3) is 5.43. The van der Waals surface area contributed by atoms with Crippen molar-refractivity contribution in [3.8, 4) is 0 Å². The molecule has 3 N–H and O–H groups in total. The highest BCUT2D eigenvalue weighted by Gasteiger charge is 2.25. The third-order valence-corrected chi connectivity index (χ3v) is 4.37. The number of para-hydroxylation sites is 1. The van der Waals surface area contributed by atoms with Crippen LogP contribution < -0.4 is 11.1 Å². The number of carbonyl (C=O) groups excluding carboxylic acids is 1. The number of hydrogen-bond donors (Lipinski definition) is 2. The van der Waals surface area contributed by atoms with Gasteiger partial charge in [-0.2, -0.15) is 0 Å². The highest BCUT2D eigenvalue weighted by Crippen LogP contribution is 2.21. The van der Waals surface area contributed by atoms with E-state index in [0.717, 1.165) is 19.5 Å². The SMILES string of the molecule is CC(N)C1CCCCN1CCC(=O)Nc1ccccc1Cl.Cl. The maximum Gasteiger partial charge on any atom is 0.225 e. The fourth-order valence-corrected chi connectivity index (χ4v) is 3.09. The minimum atomic E-state index is -0.00269. The first-order chi connectivity index (χ1) is 10.1. The van der Waals surface area contributed by atoms with Gasteiger partial charge in [0.2, 0.25) is 5.91 Å². The Labute approximate surface area is 143 Å². The van der Waals surface area contributed by atoms with Crippen LogP contribution in [0.5, 0.6) is 0 Å². The Hall–Kier alpha value is -0.810. The second kappa shape index (κ2) is 9.36. The molecule has 1 aliphatic heterocycles. The normalized spacial score (nSPS) is 20.0. The summed E-state index contributed by atoms with van der Waals surface area (Å²) in [5.74, 6) is -0.00269. The molecule has 1 saturated heterocycles. The van der Waals surface area contributed by atoms with Crippen LogP contribution >= 0.6 is 24.0 Å². The van der Waals surface area contributed by atoms with Crippen molar-refractivity contribution in [2.24, 2.45) is 5.73 Å². The lowest BCUT2D eigenvalue weighted by atomic mass is 9.97. The van der Waals surface area contributed by atoms with E-state index in [1.54, 1.807) is 6.07 Å². The van der Waals surface area contributed by atoms with Gasteiger partial charge in [0, 0.05) is 25.0 Å². The molecule has 0 bridgehead atoms. The van der Waals surface area contributed by atoms with E-state index < -0.39 is 0 Å². The highest BCUT2D eigenvalue weighted by molar-refractivity contribution is 6.33. The number of carbonyl (C=O) groups is 1. The van der Waals surface area contributed by atoms with Crippen molar-refractivity contribution in [1.82, 2.24) is 4.90 Å².